The zero-order valence-electron chi connectivity index (χ0n) is 12.3. The number of ether oxygens (including phenoxy) is 1. The molecule has 126 valence electrons. The Morgan fingerprint density at radius 1 is 1.58 bits per heavy atom. The number of benzene rings is 1. The first kappa shape index (κ1) is 17.4. The van der Waals surface area contributed by atoms with Crippen LogP contribution in [0.4, 0.5) is 5.69 Å². The fourth-order valence-corrected chi connectivity index (χ4v) is 2.74. The van der Waals surface area contributed by atoms with Crippen LogP contribution in [0, 0.1) is 10.1 Å². The summed E-state index contributed by atoms with van der Waals surface area (Å²) in [5.41, 5.74) is 0.211. The Balaban J connectivity index is 2.09. The predicted octanol–water partition coefficient (Wildman–Crippen LogP) is 1.000. The molecule has 1 aliphatic heterocycles. The summed E-state index contributed by atoms with van der Waals surface area (Å²) in [7, 11) is 1.33. The number of hydrogen-bond donors (Lipinski definition) is 2. The minimum Gasteiger partial charge on any atom is -0.490 e. The number of methoxy groups -OCH3 is 1. The number of hydrogen-bond acceptors (Lipinski definition) is 8. The standard InChI is InChI=1S/C13H12N4O6S/c1-23-9-3-2-7(4-8(9)17(21)22)6-14-16-13-15-12(20)10(24-13)5-11(18)19/h2-4,6,10H,5H2,1H3,(H,18,19)(H,15,16,20)/b14-6+. The molecule has 0 aliphatic carbocycles. The second-order valence-electron chi connectivity index (χ2n) is 4.53. The third kappa shape index (κ3) is 4.29. The highest BCUT2D eigenvalue weighted by atomic mass is 32.2. The molecule has 1 saturated heterocycles. The first-order chi connectivity index (χ1) is 11.4. The number of amides is 1. The molecule has 24 heavy (non-hydrogen) atoms. The fraction of sp³-hybridized carbons (Fsp3) is 0.231. The van der Waals surface area contributed by atoms with E-state index in [9.17, 15) is 19.7 Å². The van der Waals surface area contributed by atoms with Gasteiger partial charge < -0.3 is 15.2 Å². The van der Waals surface area contributed by atoms with Crippen molar-refractivity contribution in [2.75, 3.05) is 7.11 Å². The first-order valence-corrected chi connectivity index (χ1v) is 7.41. The van der Waals surface area contributed by atoms with Gasteiger partial charge in [-0.2, -0.15) is 5.10 Å². The number of carboxylic acid groups (broad SMARTS) is 1. The monoisotopic (exact) mass is 352 g/mol. The zero-order chi connectivity index (χ0) is 17.7. The van der Waals surface area contributed by atoms with E-state index in [1.54, 1.807) is 6.07 Å². The molecule has 1 aromatic carbocycles. The van der Waals surface area contributed by atoms with Gasteiger partial charge in [-0.15, -0.1) is 5.10 Å². The molecule has 0 bridgehead atoms. The van der Waals surface area contributed by atoms with Crippen LogP contribution in [0.2, 0.25) is 0 Å². The van der Waals surface area contributed by atoms with Gasteiger partial charge in [0, 0.05) is 11.6 Å². The van der Waals surface area contributed by atoms with Crippen molar-refractivity contribution in [3.63, 3.8) is 0 Å². The van der Waals surface area contributed by atoms with Crippen LogP contribution >= 0.6 is 11.8 Å². The second-order valence-corrected chi connectivity index (χ2v) is 5.72. The van der Waals surface area contributed by atoms with Gasteiger partial charge in [-0.3, -0.25) is 19.7 Å². The molecule has 0 spiro atoms. The highest BCUT2D eigenvalue weighted by molar-refractivity contribution is 8.15. The Kier molecular flexibility index (Phi) is 5.47. The smallest absolute Gasteiger partial charge is 0.311 e. The molecule has 2 N–H and O–H groups in total. The van der Waals surface area contributed by atoms with Gasteiger partial charge in [-0.05, 0) is 12.1 Å². The van der Waals surface area contributed by atoms with Gasteiger partial charge in [0.25, 0.3) is 0 Å². The summed E-state index contributed by atoms with van der Waals surface area (Å²) in [5.74, 6) is -1.41. The van der Waals surface area contributed by atoms with Gasteiger partial charge in [0.2, 0.25) is 5.91 Å². The van der Waals surface area contributed by atoms with Crippen molar-refractivity contribution in [1.29, 1.82) is 0 Å². The molecule has 1 heterocycles. The summed E-state index contributed by atoms with van der Waals surface area (Å²) in [4.78, 5) is 32.5. The van der Waals surface area contributed by atoms with Gasteiger partial charge in [-0.25, -0.2) is 0 Å². The number of thioether (sulfide) groups is 1. The molecule has 1 aliphatic rings. The van der Waals surface area contributed by atoms with Gasteiger partial charge >= 0.3 is 11.7 Å². The van der Waals surface area contributed by atoms with Gasteiger partial charge in [-0.1, -0.05) is 11.8 Å². The molecule has 0 aromatic heterocycles. The number of carbonyl (C=O) groups excluding carboxylic acids is 1. The molecule has 1 fully saturated rings. The Morgan fingerprint density at radius 2 is 2.33 bits per heavy atom. The molecule has 1 atom stereocenters. The van der Waals surface area contributed by atoms with Crippen LogP contribution < -0.4 is 10.1 Å². The number of nitro benzene ring substituents is 1. The van der Waals surface area contributed by atoms with E-state index in [1.165, 1.54) is 25.5 Å². The lowest BCUT2D eigenvalue weighted by atomic mass is 10.2. The minimum atomic E-state index is -1.09. The van der Waals surface area contributed by atoms with Crippen molar-refractivity contribution in [2.24, 2.45) is 10.2 Å². The van der Waals surface area contributed by atoms with Crippen LogP contribution in [0.5, 0.6) is 5.75 Å². The molecule has 0 saturated carbocycles. The summed E-state index contributed by atoms with van der Waals surface area (Å²) in [6, 6.07) is 4.26. The molecule has 1 amide bonds. The zero-order valence-corrected chi connectivity index (χ0v) is 13.1. The van der Waals surface area contributed by atoms with Gasteiger partial charge in [0.15, 0.2) is 10.9 Å². The van der Waals surface area contributed by atoms with Crippen molar-refractivity contribution in [3.8, 4) is 5.75 Å². The highest BCUT2D eigenvalue weighted by Crippen LogP contribution is 2.27. The van der Waals surface area contributed by atoms with Crippen LogP contribution in [0.15, 0.2) is 28.4 Å². The number of amidine groups is 1. The minimum absolute atomic E-state index is 0.124. The Hall–Kier alpha value is -2.95. The summed E-state index contributed by atoms with van der Waals surface area (Å²) in [6.07, 6.45) is 0.959. The molecule has 1 aromatic rings. The van der Waals surface area contributed by atoms with E-state index in [0.717, 1.165) is 11.8 Å². The van der Waals surface area contributed by atoms with Crippen LogP contribution in [0.25, 0.3) is 0 Å². The average Bonchev–Trinajstić information content (AvgIpc) is 2.86. The molecule has 11 heteroatoms. The SMILES string of the molecule is COc1ccc(/C=N/N=C2/NC(=O)C(CC(=O)O)S2)cc1[N+](=O)[O-]. The lowest BCUT2D eigenvalue weighted by Gasteiger charge is -2.01. The predicted molar refractivity (Wildman–Crippen MR) is 86.5 cm³/mol. The summed E-state index contributed by atoms with van der Waals surface area (Å²) in [5, 5.41) is 29.0. The molecular formula is C13H12N4O6S. The van der Waals surface area contributed by atoms with E-state index in [2.05, 4.69) is 15.5 Å². The quantitative estimate of drug-likeness (QED) is 0.441. The van der Waals surface area contributed by atoms with E-state index in [4.69, 9.17) is 9.84 Å². The topological polar surface area (TPSA) is 143 Å². The van der Waals surface area contributed by atoms with Crippen molar-refractivity contribution < 1.29 is 24.4 Å². The molecule has 0 radical (unpaired) electrons. The van der Waals surface area contributed by atoms with E-state index in [0.29, 0.717) is 5.56 Å². The fourth-order valence-electron chi connectivity index (χ4n) is 1.82. The summed E-state index contributed by atoms with van der Waals surface area (Å²) < 4.78 is 4.89. The van der Waals surface area contributed by atoms with Crippen LogP contribution in [-0.4, -0.2) is 45.6 Å². The third-order valence-corrected chi connectivity index (χ3v) is 3.96. The van der Waals surface area contributed by atoms with Gasteiger partial charge in [0.05, 0.1) is 24.7 Å². The Morgan fingerprint density at radius 3 is 2.96 bits per heavy atom. The van der Waals surface area contributed by atoms with Crippen LogP contribution in [0.3, 0.4) is 0 Å². The number of carbonyl (C=O) groups is 2. The number of aliphatic carboxylic acids is 1. The van der Waals surface area contributed by atoms with Crippen molar-refractivity contribution in [2.45, 2.75) is 11.7 Å². The Bertz CT molecular complexity index is 748. The third-order valence-electron chi connectivity index (χ3n) is 2.89. The Labute approximate surface area is 139 Å². The molecule has 1 unspecified atom stereocenters. The van der Waals surface area contributed by atoms with Crippen LogP contribution in [-0.2, 0) is 9.59 Å². The maximum absolute atomic E-state index is 11.5. The molecule has 2 rings (SSSR count). The summed E-state index contributed by atoms with van der Waals surface area (Å²) in [6.45, 7) is 0. The largest absolute Gasteiger partial charge is 0.490 e. The van der Waals surface area contributed by atoms with Crippen molar-refractivity contribution in [3.05, 3.63) is 33.9 Å². The molecule has 10 nitrogen and oxygen atoms in total. The summed E-state index contributed by atoms with van der Waals surface area (Å²) >= 11 is 0.963. The van der Waals surface area contributed by atoms with E-state index >= 15 is 0 Å². The van der Waals surface area contributed by atoms with Crippen molar-refractivity contribution >= 4 is 40.7 Å². The number of nitro groups is 1. The van der Waals surface area contributed by atoms with E-state index < -0.39 is 22.0 Å². The van der Waals surface area contributed by atoms with Crippen molar-refractivity contribution in [1.82, 2.24) is 5.32 Å². The number of rotatable bonds is 6. The number of nitrogens with one attached hydrogen (secondary N) is 1. The second kappa shape index (κ2) is 7.55. The van der Waals surface area contributed by atoms with E-state index in [1.807, 2.05) is 0 Å². The average molecular weight is 352 g/mol. The maximum Gasteiger partial charge on any atom is 0.311 e. The first-order valence-electron chi connectivity index (χ1n) is 6.53. The maximum atomic E-state index is 11.5. The number of carboxylic acids is 1. The van der Waals surface area contributed by atoms with Gasteiger partial charge in [0.1, 0.15) is 5.25 Å². The normalized spacial score (nSPS) is 18.8. The highest BCUT2D eigenvalue weighted by Gasteiger charge is 2.32. The lowest BCUT2D eigenvalue weighted by Crippen LogP contribution is -2.26. The van der Waals surface area contributed by atoms with E-state index in [-0.39, 0.29) is 23.0 Å². The number of nitrogens with zero attached hydrogens (tertiary/aromatic N) is 3. The van der Waals surface area contributed by atoms with Crippen LogP contribution in [0.1, 0.15) is 12.0 Å². The lowest BCUT2D eigenvalue weighted by molar-refractivity contribution is -0.385. The molecular weight excluding hydrogens is 340 g/mol.